The summed E-state index contributed by atoms with van der Waals surface area (Å²) in [6, 6.07) is 0. The lowest BCUT2D eigenvalue weighted by Crippen LogP contribution is -2.34. The number of rotatable bonds is 5. The molecule has 1 aliphatic rings. The van der Waals surface area contributed by atoms with Gasteiger partial charge in [-0.25, -0.2) is 0 Å². The summed E-state index contributed by atoms with van der Waals surface area (Å²) in [5.41, 5.74) is 4.71. The molecule has 2 rings (SSSR count). The smallest absolute Gasteiger partial charge is 0.127 e. The van der Waals surface area contributed by atoms with E-state index in [2.05, 4.69) is 41.2 Å². The van der Waals surface area contributed by atoms with Crippen molar-refractivity contribution in [3.63, 3.8) is 0 Å². The van der Waals surface area contributed by atoms with Gasteiger partial charge in [0, 0.05) is 5.56 Å². The van der Waals surface area contributed by atoms with E-state index in [1.807, 2.05) is 6.08 Å². The SMILES string of the molecule is C=C[C@]1(C)CCc2c(C)c(OCCCC)c(C)c(C)c2O1. The molecule has 0 aliphatic carbocycles. The number of unbranched alkanes of at least 4 members (excludes halogenated alkanes) is 1. The van der Waals surface area contributed by atoms with E-state index in [0.29, 0.717) is 0 Å². The Balaban J connectivity index is 2.42. The van der Waals surface area contributed by atoms with E-state index in [0.717, 1.165) is 43.8 Å². The summed E-state index contributed by atoms with van der Waals surface area (Å²) >= 11 is 0. The predicted molar refractivity (Wildman–Crippen MR) is 88.6 cm³/mol. The third kappa shape index (κ3) is 2.95. The molecule has 1 atom stereocenters. The maximum Gasteiger partial charge on any atom is 0.127 e. The molecular weight excluding hydrogens is 260 g/mol. The van der Waals surface area contributed by atoms with Crippen molar-refractivity contribution in [3.05, 3.63) is 34.9 Å². The molecule has 0 aromatic heterocycles. The molecule has 2 nitrogen and oxygen atoms in total. The Bertz CT molecular complexity index is 545. The largest absolute Gasteiger partial charge is 0.493 e. The first-order chi connectivity index (χ1) is 9.93. The summed E-state index contributed by atoms with van der Waals surface area (Å²) in [6.45, 7) is 15.4. The van der Waals surface area contributed by atoms with Gasteiger partial charge < -0.3 is 9.47 Å². The van der Waals surface area contributed by atoms with Crippen molar-refractivity contribution in [3.8, 4) is 11.5 Å². The van der Waals surface area contributed by atoms with Crippen LogP contribution in [0.2, 0.25) is 0 Å². The highest BCUT2D eigenvalue weighted by Crippen LogP contribution is 2.43. The second-order valence-corrected chi connectivity index (χ2v) is 6.33. The molecule has 0 fully saturated rings. The first kappa shape index (κ1) is 15.9. The van der Waals surface area contributed by atoms with Crippen LogP contribution in [0, 0.1) is 20.8 Å². The van der Waals surface area contributed by atoms with Gasteiger partial charge in [0.05, 0.1) is 6.61 Å². The van der Waals surface area contributed by atoms with Gasteiger partial charge in [0.1, 0.15) is 17.1 Å². The fourth-order valence-electron chi connectivity index (χ4n) is 2.93. The summed E-state index contributed by atoms with van der Waals surface area (Å²) < 4.78 is 12.3. The van der Waals surface area contributed by atoms with Crippen LogP contribution < -0.4 is 9.47 Å². The zero-order valence-electron chi connectivity index (χ0n) is 14.1. The van der Waals surface area contributed by atoms with E-state index in [9.17, 15) is 0 Å². The summed E-state index contributed by atoms with van der Waals surface area (Å²) in [4.78, 5) is 0. The molecule has 1 aromatic carbocycles. The fourth-order valence-corrected chi connectivity index (χ4v) is 2.93. The van der Waals surface area contributed by atoms with Crippen LogP contribution in [0.1, 0.15) is 55.4 Å². The van der Waals surface area contributed by atoms with Gasteiger partial charge in [-0.15, -0.1) is 0 Å². The molecule has 0 N–H and O–H groups in total. The summed E-state index contributed by atoms with van der Waals surface area (Å²) in [6.07, 6.45) is 6.17. The van der Waals surface area contributed by atoms with Gasteiger partial charge in [0.25, 0.3) is 0 Å². The normalized spacial score (nSPS) is 20.6. The van der Waals surface area contributed by atoms with Crippen LogP contribution in [0.15, 0.2) is 12.7 Å². The van der Waals surface area contributed by atoms with Crippen LogP contribution in [0.4, 0.5) is 0 Å². The summed E-state index contributed by atoms with van der Waals surface area (Å²) in [5, 5.41) is 0. The van der Waals surface area contributed by atoms with Crippen LogP contribution >= 0.6 is 0 Å². The third-order valence-electron chi connectivity index (χ3n) is 4.69. The lowest BCUT2D eigenvalue weighted by molar-refractivity contribution is 0.113. The van der Waals surface area contributed by atoms with Gasteiger partial charge in [-0.1, -0.05) is 19.9 Å². The molecule has 0 radical (unpaired) electrons. The number of ether oxygens (including phenoxy) is 2. The minimum Gasteiger partial charge on any atom is -0.493 e. The van der Waals surface area contributed by atoms with Gasteiger partial charge in [-0.3, -0.25) is 0 Å². The van der Waals surface area contributed by atoms with Crippen molar-refractivity contribution < 1.29 is 9.47 Å². The predicted octanol–water partition coefficient (Wildman–Crippen LogP) is 5.06. The molecule has 0 unspecified atom stereocenters. The Morgan fingerprint density at radius 2 is 1.95 bits per heavy atom. The molecule has 1 heterocycles. The molecule has 0 amide bonds. The van der Waals surface area contributed by atoms with Gasteiger partial charge in [0.2, 0.25) is 0 Å². The quantitative estimate of drug-likeness (QED) is 0.557. The molecular formula is C19H28O2. The van der Waals surface area contributed by atoms with Crippen molar-refractivity contribution in [2.24, 2.45) is 0 Å². The summed E-state index contributed by atoms with van der Waals surface area (Å²) in [5.74, 6) is 2.10. The highest BCUT2D eigenvalue weighted by molar-refractivity contribution is 5.59. The average molecular weight is 288 g/mol. The van der Waals surface area contributed by atoms with E-state index in [4.69, 9.17) is 9.47 Å². The molecule has 0 bridgehead atoms. The Kier molecular flexibility index (Phi) is 4.65. The molecule has 1 aromatic rings. The second-order valence-electron chi connectivity index (χ2n) is 6.33. The zero-order chi connectivity index (χ0) is 15.6. The van der Waals surface area contributed by atoms with Gasteiger partial charge in [0.15, 0.2) is 0 Å². The van der Waals surface area contributed by atoms with Crippen molar-refractivity contribution in [1.29, 1.82) is 0 Å². The number of hydrogen-bond acceptors (Lipinski definition) is 2. The van der Waals surface area contributed by atoms with Gasteiger partial charge in [-0.05, 0) is 69.7 Å². The highest BCUT2D eigenvalue weighted by atomic mass is 16.5. The summed E-state index contributed by atoms with van der Waals surface area (Å²) in [7, 11) is 0. The van der Waals surface area contributed by atoms with Crippen LogP contribution in [-0.4, -0.2) is 12.2 Å². The standard InChI is InChI=1S/C19H28O2/c1-7-9-12-20-17-13(3)14(4)18-16(15(17)5)10-11-19(6,8-2)21-18/h8H,2,7,9-12H2,1,3-6H3/t19-/m1/s1. The lowest BCUT2D eigenvalue weighted by Gasteiger charge is -2.36. The monoisotopic (exact) mass is 288 g/mol. The van der Waals surface area contributed by atoms with Crippen molar-refractivity contribution in [2.45, 2.75) is 65.9 Å². The topological polar surface area (TPSA) is 18.5 Å². The number of hydrogen-bond donors (Lipinski definition) is 0. The number of benzene rings is 1. The van der Waals surface area contributed by atoms with Crippen LogP contribution in [0.5, 0.6) is 11.5 Å². The molecule has 2 heteroatoms. The molecule has 0 saturated heterocycles. The molecule has 1 aliphatic heterocycles. The average Bonchev–Trinajstić information content (AvgIpc) is 2.48. The van der Waals surface area contributed by atoms with Crippen LogP contribution in [-0.2, 0) is 6.42 Å². The Labute approximate surface area is 129 Å². The number of fused-ring (bicyclic) bond motifs is 1. The van der Waals surface area contributed by atoms with E-state index in [1.165, 1.54) is 22.3 Å². The molecule has 0 spiro atoms. The first-order valence-electron chi connectivity index (χ1n) is 8.01. The van der Waals surface area contributed by atoms with E-state index >= 15 is 0 Å². The van der Waals surface area contributed by atoms with Crippen molar-refractivity contribution in [2.75, 3.05) is 6.61 Å². The van der Waals surface area contributed by atoms with Crippen molar-refractivity contribution >= 4 is 0 Å². The maximum atomic E-state index is 6.27. The minimum absolute atomic E-state index is 0.249. The van der Waals surface area contributed by atoms with E-state index in [1.54, 1.807) is 0 Å². The first-order valence-corrected chi connectivity index (χ1v) is 8.01. The van der Waals surface area contributed by atoms with Gasteiger partial charge >= 0.3 is 0 Å². The Morgan fingerprint density at radius 3 is 2.57 bits per heavy atom. The Morgan fingerprint density at radius 1 is 1.24 bits per heavy atom. The second kappa shape index (κ2) is 6.13. The maximum absolute atomic E-state index is 6.27. The van der Waals surface area contributed by atoms with Crippen LogP contribution in [0.25, 0.3) is 0 Å². The van der Waals surface area contributed by atoms with Gasteiger partial charge in [-0.2, -0.15) is 0 Å². The molecule has 0 saturated carbocycles. The lowest BCUT2D eigenvalue weighted by atomic mass is 9.87. The fraction of sp³-hybridized carbons (Fsp3) is 0.579. The molecule has 21 heavy (non-hydrogen) atoms. The highest BCUT2D eigenvalue weighted by Gasteiger charge is 2.32. The third-order valence-corrected chi connectivity index (χ3v) is 4.69. The van der Waals surface area contributed by atoms with E-state index < -0.39 is 0 Å². The molecule has 116 valence electrons. The van der Waals surface area contributed by atoms with Crippen molar-refractivity contribution in [1.82, 2.24) is 0 Å². The zero-order valence-corrected chi connectivity index (χ0v) is 14.1. The minimum atomic E-state index is -0.249. The Hall–Kier alpha value is -1.44. The van der Waals surface area contributed by atoms with Crippen LogP contribution in [0.3, 0.4) is 0 Å². The van der Waals surface area contributed by atoms with E-state index in [-0.39, 0.29) is 5.60 Å².